The first kappa shape index (κ1) is 22.0. The highest BCUT2D eigenvalue weighted by Gasteiger charge is 2.21. The predicted molar refractivity (Wildman–Crippen MR) is 103 cm³/mol. The Bertz CT molecular complexity index is 900. The lowest BCUT2D eigenvalue weighted by Gasteiger charge is -2.10. The third-order valence-electron chi connectivity index (χ3n) is 3.98. The van der Waals surface area contributed by atoms with Crippen molar-refractivity contribution in [3.05, 3.63) is 45.6 Å². The van der Waals surface area contributed by atoms with Gasteiger partial charge in [-0.1, -0.05) is 32.0 Å². The fourth-order valence-electron chi connectivity index (χ4n) is 2.31. The Kier molecular flexibility index (Phi) is 7.03. The van der Waals surface area contributed by atoms with Crippen LogP contribution in [0.1, 0.15) is 50.9 Å². The zero-order chi connectivity index (χ0) is 21.6. The number of hydrogen-bond donors (Lipinski definition) is 1. The number of carbonyl (C=O) groups is 2. The zero-order valence-electron chi connectivity index (χ0n) is 16.9. The third kappa shape index (κ3) is 6.66. The van der Waals surface area contributed by atoms with E-state index >= 15 is 0 Å². The van der Waals surface area contributed by atoms with Gasteiger partial charge in [0.15, 0.2) is 12.4 Å². The van der Waals surface area contributed by atoms with Gasteiger partial charge in [0.25, 0.3) is 11.6 Å². The number of nitrogens with zero attached hydrogens (tertiary/aromatic N) is 3. The molecule has 0 fully saturated rings. The molecule has 0 aliphatic carbocycles. The molecule has 0 unspecified atom stereocenters. The largest absolute Gasteiger partial charge is 0.456 e. The summed E-state index contributed by atoms with van der Waals surface area (Å²) < 4.78 is 10.1. The number of carbonyl (C=O) groups excluding carboxylic acids is 2. The second kappa shape index (κ2) is 9.26. The molecule has 1 aromatic carbocycles. The normalized spacial score (nSPS) is 11.2. The van der Waals surface area contributed by atoms with Crippen molar-refractivity contribution in [2.24, 2.45) is 0 Å². The van der Waals surface area contributed by atoms with Crippen LogP contribution in [0, 0.1) is 17.0 Å². The molecule has 0 saturated carbocycles. The summed E-state index contributed by atoms with van der Waals surface area (Å²) in [5.41, 5.74) is 0.597. The second-order valence-corrected chi connectivity index (χ2v) is 7.58. The Morgan fingerprint density at radius 1 is 1.31 bits per heavy atom. The molecular weight excluding hydrogens is 380 g/mol. The zero-order valence-corrected chi connectivity index (χ0v) is 16.9. The number of nitrogens with one attached hydrogen (secondary N) is 1. The lowest BCUT2D eigenvalue weighted by Crippen LogP contribution is -2.21. The Hall–Kier alpha value is -3.30. The van der Waals surface area contributed by atoms with Crippen LogP contribution in [0.5, 0.6) is 0 Å². The van der Waals surface area contributed by atoms with Crippen LogP contribution in [0.4, 0.5) is 11.4 Å². The summed E-state index contributed by atoms with van der Waals surface area (Å²) in [4.78, 5) is 38.3. The summed E-state index contributed by atoms with van der Waals surface area (Å²) in [5.74, 6) is -0.0649. The number of esters is 1. The van der Waals surface area contributed by atoms with E-state index in [9.17, 15) is 19.7 Å². The van der Waals surface area contributed by atoms with E-state index in [0.29, 0.717) is 35.8 Å². The highest BCUT2D eigenvalue weighted by Crippen LogP contribution is 2.22. The van der Waals surface area contributed by atoms with E-state index in [-0.39, 0.29) is 17.5 Å². The maximum atomic E-state index is 12.0. The Labute approximate surface area is 167 Å². The van der Waals surface area contributed by atoms with E-state index in [1.807, 2.05) is 20.8 Å². The number of ether oxygens (including phenoxy) is 1. The molecule has 156 valence electrons. The number of amides is 1. The van der Waals surface area contributed by atoms with Gasteiger partial charge in [-0.15, -0.1) is 0 Å². The SMILES string of the molecule is Cc1ccc([N+](=O)[O-])cc1NC(=O)COC(=O)CCCc1nc(C(C)(C)C)no1. The highest BCUT2D eigenvalue weighted by atomic mass is 16.6. The minimum atomic E-state index is -0.575. The number of benzene rings is 1. The minimum absolute atomic E-state index is 0.0936. The lowest BCUT2D eigenvalue weighted by atomic mass is 9.96. The van der Waals surface area contributed by atoms with Crippen molar-refractivity contribution in [2.75, 3.05) is 11.9 Å². The Morgan fingerprint density at radius 2 is 2.03 bits per heavy atom. The molecular formula is C19H24N4O6. The molecule has 0 radical (unpaired) electrons. The fraction of sp³-hybridized carbons (Fsp3) is 0.474. The van der Waals surface area contributed by atoms with Crippen LogP contribution in [0.25, 0.3) is 0 Å². The second-order valence-electron chi connectivity index (χ2n) is 7.58. The number of rotatable bonds is 8. The van der Waals surface area contributed by atoms with Gasteiger partial charge in [-0.25, -0.2) is 0 Å². The maximum Gasteiger partial charge on any atom is 0.306 e. The van der Waals surface area contributed by atoms with E-state index in [1.54, 1.807) is 6.92 Å². The molecule has 10 nitrogen and oxygen atoms in total. The molecule has 1 N–H and O–H groups in total. The number of aryl methyl sites for hydroxylation is 2. The molecule has 1 aromatic heterocycles. The average Bonchev–Trinajstić information content (AvgIpc) is 3.11. The Balaban J connectivity index is 1.75. The summed E-state index contributed by atoms with van der Waals surface area (Å²) in [7, 11) is 0. The number of nitro groups is 1. The molecule has 1 amide bonds. The van der Waals surface area contributed by atoms with Crippen LogP contribution < -0.4 is 5.32 Å². The molecule has 0 aliphatic rings. The van der Waals surface area contributed by atoms with Crippen LogP contribution in [0.15, 0.2) is 22.7 Å². The van der Waals surface area contributed by atoms with Gasteiger partial charge in [-0.3, -0.25) is 19.7 Å². The van der Waals surface area contributed by atoms with Gasteiger partial charge in [0, 0.05) is 30.4 Å². The van der Waals surface area contributed by atoms with Gasteiger partial charge in [0.1, 0.15) is 0 Å². The smallest absolute Gasteiger partial charge is 0.306 e. The van der Waals surface area contributed by atoms with Gasteiger partial charge in [-0.05, 0) is 18.9 Å². The predicted octanol–water partition coefficient (Wildman–Crippen LogP) is 3.09. The van der Waals surface area contributed by atoms with Crippen LogP contribution >= 0.6 is 0 Å². The minimum Gasteiger partial charge on any atom is -0.456 e. The van der Waals surface area contributed by atoms with Crippen molar-refractivity contribution in [3.8, 4) is 0 Å². The van der Waals surface area contributed by atoms with Crippen LogP contribution in [0.2, 0.25) is 0 Å². The molecule has 2 rings (SSSR count). The summed E-state index contributed by atoms with van der Waals surface area (Å²) in [6.45, 7) is 7.14. The van der Waals surface area contributed by atoms with Crippen molar-refractivity contribution in [3.63, 3.8) is 0 Å². The lowest BCUT2D eigenvalue weighted by molar-refractivity contribution is -0.384. The monoisotopic (exact) mass is 404 g/mol. The Morgan fingerprint density at radius 3 is 2.66 bits per heavy atom. The summed E-state index contributed by atoms with van der Waals surface area (Å²) in [6.07, 6.45) is 0.962. The van der Waals surface area contributed by atoms with Crippen LogP contribution in [0.3, 0.4) is 0 Å². The molecule has 0 bridgehead atoms. The van der Waals surface area contributed by atoms with E-state index in [4.69, 9.17) is 9.26 Å². The maximum absolute atomic E-state index is 12.0. The van der Waals surface area contributed by atoms with Crippen molar-refractivity contribution >= 4 is 23.3 Å². The highest BCUT2D eigenvalue weighted by molar-refractivity contribution is 5.93. The number of aromatic nitrogens is 2. The first-order chi connectivity index (χ1) is 13.6. The summed E-state index contributed by atoms with van der Waals surface area (Å²) >= 11 is 0. The third-order valence-corrected chi connectivity index (χ3v) is 3.98. The molecule has 0 spiro atoms. The molecule has 0 atom stereocenters. The molecule has 0 aliphatic heterocycles. The number of hydrogen-bond acceptors (Lipinski definition) is 8. The molecule has 1 heterocycles. The summed E-state index contributed by atoms with van der Waals surface area (Å²) in [6, 6.07) is 4.13. The van der Waals surface area contributed by atoms with Gasteiger partial charge in [-0.2, -0.15) is 4.98 Å². The molecule has 2 aromatic rings. The van der Waals surface area contributed by atoms with Gasteiger partial charge >= 0.3 is 5.97 Å². The molecule has 0 saturated heterocycles. The quantitative estimate of drug-likeness (QED) is 0.402. The standard InChI is InChI=1S/C19H24N4O6/c1-12-8-9-13(23(26)27)10-14(12)20-15(24)11-28-17(25)7-5-6-16-21-18(22-29-16)19(2,3)4/h8-10H,5-7,11H2,1-4H3,(H,20,24). The van der Waals surface area contributed by atoms with Crippen molar-refractivity contribution in [1.29, 1.82) is 0 Å². The number of non-ortho nitro benzene ring substituents is 1. The van der Waals surface area contributed by atoms with Crippen molar-refractivity contribution in [2.45, 2.75) is 52.4 Å². The number of nitro benzene ring substituents is 1. The van der Waals surface area contributed by atoms with Gasteiger partial charge < -0.3 is 14.6 Å². The topological polar surface area (TPSA) is 137 Å². The summed E-state index contributed by atoms with van der Waals surface area (Å²) in [5, 5.41) is 17.2. The van der Waals surface area contributed by atoms with E-state index in [2.05, 4.69) is 15.5 Å². The van der Waals surface area contributed by atoms with Crippen molar-refractivity contribution in [1.82, 2.24) is 10.1 Å². The number of anilines is 1. The molecule has 29 heavy (non-hydrogen) atoms. The van der Waals surface area contributed by atoms with Crippen LogP contribution in [-0.2, 0) is 26.2 Å². The fourth-order valence-corrected chi connectivity index (χ4v) is 2.31. The first-order valence-electron chi connectivity index (χ1n) is 9.10. The van der Waals surface area contributed by atoms with E-state index in [1.165, 1.54) is 18.2 Å². The van der Waals surface area contributed by atoms with Crippen LogP contribution in [-0.4, -0.2) is 33.5 Å². The molecule has 10 heteroatoms. The van der Waals surface area contributed by atoms with E-state index < -0.39 is 23.4 Å². The van der Waals surface area contributed by atoms with Gasteiger partial charge in [0.2, 0.25) is 5.89 Å². The van der Waals surface area contributed by atoms with Gasteiger partial charge in [0.05, 0.1) is 10.6 Å². The first-order valence-corrected chi connectivity index (χ1v) is 9.10. The van der Waals surface area contributed by atoms with Crippen molar-refractivity contribution < 1.29 is 23.8 Å². The average molecular weight is 404 g/mol. The van der Waals surface area contributed by atoms with E-state index in [0.717, 1.165) is 0 Å².